The van der Waals surface area contributed by atoms with Crippen molar-refractivity contribution >= 4 is 0 Å². The number of aliphatic hydroxyl groups excluding tert-OH is 1. The molecule has 16 heavy (non-hydrogen) atoms. The number of rotatable bonds is 7. The predicted octanol–water partition coefficient (Wildman–Crippen LogP) is 2.95. The van der Waals surface area contributed by atoms with E-state index in [0.29, 0.717) is 0 Å². The summed E-state index contributed by atoms with van der Waals surface area (Å²) in [5.74, 6) is 1.86. The molecule has 0 aromatic heterocycles. The smallest absolute Gasteiger partial charge is 0.0538 e. The van der Waals surface area contributed by atoms with Gasteiger partial charge in [-0.2, -0.15) is 0 Å². The van der Waals surface area contributed by atoms with Crippen LogP contribution >= 0.6 is 0 Å². The van der Waals surface area contributed by atoms with Crippen LogP contribution in [0.2, 0.25) is 0 Å². The summed E-state index contributed by atoms with van der Waals surface area (Å²) in [6.07, 6.45) is 8.51. The predicted molar refractivity (Wildman–Crippen MR) is 69.5 cm³/mol. The van der Waals surface area contributed by atoms with Crippen molar-refractivity contribution in [2.45, 2.75) is 64.9 Å². The zero-order valence-corrected chi connectivity index (χ0v) is 11.0. The highest BCUT2D eigenvalue weighted by Gasteiger charge is 2.17. The molecule has 1 aliphatic rings. The molecule has 0 aromatic rings. The Labute approximate surface area is 101 Å². The van der Waals surface area contributed by atoms with Crippen LogP contribution in [-0.2, 0) is 0 Å². The van der Waals surface area contributed by atoms with Crippen molar-refractivity contribution < 1.29 is 5.11 Å². The van der Waals surface area contributed by atoms with Crippen LogP contribution in [0.4, 0.5) is 0 Å². The van der Waals surface area contributed by atoms with Crippen LogP contribution < -0.4 is 5.32 Å². The van der Waals surface area contributed by atoms with Crippen molar-refractivity contribution in [1.29, 1.82) is 0 Å². The molecule has 1 fully saturated rings. The Morgan fingerprint density at radius 3 is 2.56 bits per heavy atom. The summed E-state index contributed by atoms with van der Waals surface area (Å²) in [6.45, 7) is 6.68. The second kappa shape index (κ2) is 8.08. The van der Waals surface area contributed by atoms with Gasteiger partial charge in [0.2, 0.25) is 0 Å². The molecule has 1 unspecified atom stereocenters. The summed E-state index contributed by atoms with van der Waals surface area (Å²) >= 11 is 0. The van der Waals surface area contributed by atoms with E-state index >= 15 is 0 Å². The Morgan fingerprint density at radius 2 is 1.94 bits per heavy atom. The maximum absolute atomic E-state index is 9.41. The van der Waals surface area contributed by atoms with Gasteiger partial charge in [-0.25, -0.2) is 0 Å². The fraction of sp³-hybridized carbons (Fsp3) is 1.00. The lowest BCUT2D eigenvalue weighted by atomic mass is 9.83. The minimum absolute atomic E-state index is 0.0858. The molecule has 2 heteroatoms. The van der Waals surface area contributed by atoms with E-state index in [2.05, 4.69) is 12.2 Å². The van der Waals surface area contributed by atoms with Gasteiger partial charge in [-0.15, -0.1) is 0 Å². The van der Waals surface area contributed by atoms with Gasteiger partial charge >= 0.3 is 0 Å². The van der Waals surface area contributed by atoms with E-state index in [1.807, 2.05) is 6.92 Å². The molecule has 1 atom stereocenters. The number of hydrogen-bond acceptors (Lipinski definition) is 2. The lowest BCUT2D eigenvalue weighted by molar-refractivity contribution is 0.157. The van der Waals surface area contributed by atoms with Crippen LogP contribution in [0, 0.1) is 11.8 Å². The first kappa shape index (κ1) is 14.0. The molecule has 0 aromatic carbocycles. The molecule has 0 heterocycles. The van der Waals surface area contributed by atoms with Gasteiger partial charge in [-0.05, 0) is 57.0 Å². The molecule has 1 aliphatic carbocycles. The van der Waals surface area contributed by atoms with Gasteiger partial charge < -0.3 is 10.4 Å². The highest BCUT2D eigenvalue weighted by molar-refractivity contribution is 4.71. The second-order valence-electron chi connectivity index (χ2n) is 5.53. The van der Waals surface area contributed by atoms with Gasteiger partial charge in [-0.1, -0.05) is 26.7 Å². The molecule has 96 valence electrons. The van der Waals surface area contributed by atoms with E-state index in [1.54, 1.807) is 0 Å². The molecule has 2 nitrogen and oxygen atoms in total. The normalized spacial score (nSPS) is 27.9. The fourth-order valence-corrected chi connectivity index (χ4v) is 2.51. The van der Waals surface area contributed by atoms with Crippen LogP contribution in [0.1, 0.15) is 58.8 Å². The highest BCUT2D eigenvalue weighted by Crippen LogP contribution is 2.27. The molecule has 0 bridgehead atoms. The Hall–Kier alpha value is -0.0800. The van der Waals surface area contributed by atoms with Gasteiger partial charge in [-0.3, -0.25) is 0 Å². The van der Waals surface area contributed by atoms with Gasteiger partial charge in [0.15, 0.2) is 0 Å². The molecule has 1 rings (SSSR count). The lowest BCUT2D eigenvalue weighted by Gasteiger charge is -2.26. The summed E-state index contributed by atoms with van der Waals surface area (Å²) in [4.78, 5) is 0. The monoisotopic (exact) mass is 227 g/mol. The fourth-order valence-electron chi connectivity index (χ4n) is 2.51. The summed E-state index contributed by atoms with van der Waals surface area (Å²) < 4.78 is 0. The SMILES string of the molecule is CCC(O)CCCNCC1CCC(C)CC1. The van der Waals surface area contributed by atoms with Gasteiger partial charge in [0, 0.05) is 0 Å². The van der Waals surface area contributed by atoms with Gasteiger partial charge in [0.25, 0.3) is 0 Å². The van der Waals surface area contributed by atoms with Crippen LogP contribution in [0.3, 0.4) is 0 Å². The van der Waals surface area contributed by atoms with E-state index in [9.17, 15) is 5.11 Å². The maximum atomic E-state index is 9.41. The van der Waals surface area contributed by atoms with Crippen LogP contribution in [0.15, 0.2) is 0 Å². The molecule has 0 amide bonds. The molecule has 0 radical (unpaired) electrons. The van der Waals surface area contributed by atoms with E-state index in [-0.39, 0.29) is 6.10 Å². The first-order chi connectivity index (χ1) is 7.72. The Bertz CT molecular complexity index is 164. The minimum Gasteiger partial charge on any atom is -0.393 e. The Morgan fingerprint density at radius 1 is 1.25 bits per heavy atom. The van der Waals surface area contributed by atoms with Crippen LogP contribution in [0.5, 0.6) is 0 Å². The number of hydrogen-bond donors (Lipinski definition) is 2. The molecule has 1 saturated carbocycles. The molecule has 0 spiro atoms. The van der Waals surface area contributed by atoms with Crippen molar-refractivity contribution in [2.75, 3.05) is 13.1 Å². The zero-order chi connectivity index (χ0) is 11.8. The van der Waals surface area contributed by atoms with Crippen molar-refractivity contribution in [3.63, 3.8) is 0 Å². The first-order valence-electron chi connectivity index (χ1n) is 7.11. The lowest BCUT2D eigenvalue weighted by Crippen LogP contribution is -2.27. The number of nitrogens with one attached hydrogen (secondary N) is 1. The van der Waals surface area contributed by atoms with Crippen molar-refractivity contribution in [3.05, 3.63) is 0 Å². The topological polar surface area (TPSA) is 32.3 Å². The summed E-state index contributed by atoms with van der Waals surface area (Å²) in [6, 6.07) is 0. The van der Waals surface area contributed by atoms with Crippen molar-refractivity contribution in [2.24, 2.45) is 11.8 Å². The first-order valence-corrected chi connectivity index (χ1v) is 7.11. The minimum atomic E-state index is -0.0858. The van der Waals surface area contributed by atoms with E-state index in [1.165, 1.54) is 32.2 Å². The van der Waals surface area contributed by atoms with Gasteiger partial charge in [0.05, 0.1) is 6.10 Å². The van der Waals surface area contributed by atoms with Crippen molar-refractivity contribution in [3.8, 4) is 0 Å². The second-order valence-corrected chi connectivity index (χ2v) is 5.53. The third-order valence-electron chi connectivity index (χ3n) is 3.93. The van der Waals surface area contributed by atoms with E-state index in [0.717, 1.165) is 37.6 Å². The zero-order valence-electron chi connectivity index (χ0n) is 11.0. The van der Waals surface area contributed by atoms with E-state index in [4.69, 9.17) is 0 Å². The molecular weight excluding hydrogens is 198 g/mol. The number of aliphatic hydroxyl groups is 1. The molecule has 0 saturated heterocycles. The van der Waals surface area contributed by atoms with Crippen LogP contribution in [0.25, 0.3) is 0 Å². The molecule has 2 N–H and O–H groups in total. The summed E-state index contributed by atoms with van der Waals surface area (Å²) in [5, 5.41) is 12.9. The van der Waals surface area contributed by atoms with Crippen molar-refractivity contribution in [1.82, 2.24) is 5.32 Å². The Balaban J connectivity index is 1.91. The third-order valence-corrected chi connectivity index (χ3v) is 3.93. The summed E-state index contributed by atoms with van der Waals surface area (Å²) in [5.41, 5.74) is 0. The quantitative estimate of drug-likeness (QED) is 0.655. The standard InChI is InChI=1S/C14H29NO/c1-3-14(16)5-4-10-15-11-13-8-6-12(2)7-9-13/h12-16H,3-11H2,1-2H3. The average molecular weight is 227 g/mol. The maximum Gasteiger partial charge on any atom is 0.0538 e. The molecule has 0 aliphatic heterocycles. The van der Waals surface area contributed by atoms with Crippen LogP contribution in [-0.4, -0.2) is 24.3 Å². The highest BCUT2D eigenvalue weighted by atomic mass is 16.3. The third kappa shape index (κ3) is 5.86. The van der Waals surface area contributed by atoms with E-state index < -0.39 is 0 Å². The largest absolute Gasteiger partial charge is 0.393 e. The summed E-state index contributed by atoms with van der Waals surface area (Å²) in [7, 11) is 0. The van der Waals surface area contributed by atoms with Gasteiger partial charge in [0.1, 0.15) is 0 Å². The Kier molecular flexibility index (Phi) is 7.06. The average Bonchev–Trinajstić information content (AvgIpc) is 2.31. The molecular formula is C14H29NO.